The van der Waals surface area contributed by atoms with Gasteiger partial charge in [0.2, 0.25) is 5.91 Å². The molecular weight excluding hydrogens is 269 g/mol. The van der Waals surface area contributed by atoms with Crippen molar-refractivity contribution >= 4 is 5.91 Å². The van der Waals surface area contributed by atoms with E-state index in [2.05, 4.69) is 4.90 Å². The molecule has 0 spiro atoms. The highest BCUT2D eigenvalue weighted by atomic mass is 19.1. The van der Waals surface area contributed by atoms with E-state index in [0.29, 0.717) is 12.0 Å². The van der Waals surface area contributed by atoms with Gasteiger partial charge in [0.1, 0.15) is 5.82 Å². The first-order valence-electron chi connectivity index (χ1n) is 7.43. The van der Waals surface area contributed by atoms with Crippen molar-refractivity contribution < 1.29 is 9.18 Å². The van der Waals surface area contributed by atoms with Crippen molar-refractivity contribution in [3.05, 3.63) is 35.1 Å². The highest BCUT2D eigenvalue weighted by Gasteiger charge is 2.26. The lowest BCUT2D eigenvalue weighted by atomic mass is 9.96. The summed E-state index contributed by atoms with van der Waals surface area (Å²) in [6, 6.07) is 4.99. The first-order chi connectivity index (χ1) is 10.0. The molecule has 1 aliphatic heterocycles. The van der Waals surface area contributed by atoms with Crippen LogP contribution in [-0.4, -0.2) is 55.5 Å². The Labute approximate surface area is 125 Å². The normalized spacial score (nSPS) is 17.8. The fourth-order valence-electron chi connectivity index (χ4n) is 2.68. The number of benzene rings is 1. The van der Waals surface area contributed by atoms with Gasteiger partial charge in [-0.1, -0.05) is 17.7 Å². The number of halogens is 1. The number of likely N-dealkylation sites (N-methyl/N-ethyl adjacent to an activating group) is 1. The first kappa shape index (κ1) is 15.9. The Hall–Kier alpha value is -1.46. The van der Waals surface area contributed by atoms with Crippen LogP contribution in [0.15, 0.2) is 18.2 Å². The van der Waals surface area contributed by atoms with Gasteiger partial charge in [-0.3, -0.25) is 4.79 Å². The van der Waals surface area contributed by atoms with Crippen LogP contribution in [0.1, 0.15) is 11.1 Å². The molecule has 0 bridgehead atoms. The molecule has 1 unspecified atom stereocenters. The lowest BCUT2D eigenvalue weighted by Crippen LogP contribution is -2.50. The number of nitrogens with zero attached hydrogens (tertiary/aromatic N) is 2. The molecule has 2 rings (SSSR count). The minimum Gasteiger partial charge on any atom is -0.340 e. The van der Waals surface area contributed by atoms with Gasteiger partial charge in [-0.05, 0) is 32.0 Å². The van der Waals surface area contributed by atoms with Gasteiger partial charge in [-0.25, -0.2) is 4.39 Å². The molecule has 0 aliphatic carbocycles. The lowest BCUT2D eigenvalue weighted by Gasteiger charge is -2.34. The van der Waals surface area contributed by atoms with Crippen molar-refractivity contribution in [3.63, 3.8) is 0 Å². The largest absolute Gasteiger partial charge is 0.340 e. The van der Waals surface area contributed by atoms with Gasteiger partial charge in [0.15, 0.2) is 0 Å². The second kappa shape index (κ2) is 7.00. The number of carbonyl (C=O) groups is 1. The number of aryl methyl sites for hydroxylation is 1. The van der Waals surface area contributed by atoms with Crippen LogP contribution in [0.25, 0.3) is 0 Å². The van der Waals surface area contributed by atoms with Crippen molar-refractivity contribution in [1.82, 2.24) is 9.80 Å². The van der Waals surface area contributed by atoms with Crippen molar-refractivity contribution in [2.75, 3.05) is 39.8 Å². The molecule has 1 fully saturated rings. The van der Waals surface area contributed by atoms with E-state index in [4.69, 9.17) is 5.73 Å². The Kier molecular flexibility index (Phi) is 5.31. The molecule has 21 heavy (non-hydrogen) atoms. The molecule has 1 heterocycles. The predicted molar refractivity (Wildman–Crippen MR) is 81.5 cm³/mol. The third-order valence-corrected chi connectivity index (χ3v) is 4.12. The topological polar surface area (TPSA) is 49.6 Å². The lowest BCUT2D eigenvalue weighted by molar-refractivity contribution is -0.136. The van der Waals surface area contributed by atoms with Gasteiger partial charge >= 0.3 is 0 Å². The number of hydrogen-bond donors (Lipinski definition) is 1. The Balaban J connectivity index is 2.05. The maximum atomic E-state index is 13.9. The van der Waals surface area contributed by atoms with E-state index in [-0.39, 0.29) is 24.2 Å². The molecule has 0 saturated carbocycles. The molecule has 5 heteroatoms. The Bertz CT molecular complexity index is 498. The second-order valence-corrected chi connectivity index (χ2v) is 5.86. The van der Waals surface area contributed by atoms with Crippen LogP contribution in [0.3, 0.4) is 0 Å². The molecule has 116 valence electrons. The fraction of sp³-hybridized carbons (Fsp3) is 0.562. The zero-order valence-corrected chi connectivity index (χ0v) is 12.8. The first-order valence-corrected chi connectivity index (χ1v) is 7.43. The average molecular weight is 293 g/mol. The maximum Gasteiger partial charge on any atom is 0.227 e. The van der Waals surface area contributed by atoms with Crippen LogP contribution >= 0.6 is 0 Å². The minimum absolute atomic E-state index is 0.0477. The summed E-state index contributed by atoms with van der Waals surface area (Å²) in [7, 11) is 2.05. The predicted octanol–water partition coefficient (Wildman–Crippen LogP) is 1.03. The monoisotopic (exact) mass is 293 g/mol. The molecule has 1 amide bonds. The van der Waals surface area contributed by atoms with E-state index in [0.717, 1.165) is 31.7 Å². The Morgan fingerprint density at radius 3 is 2.62 bits per heavy atom. The quantitative estimate of drug-likeness (QED) is 0.902. The third-order valence-electron chi connectivity index (χ3n) is 4.12. The standard InChI is InChI=1S/C16H24FN3O/c1-12-3-4-15(17)13(9-12)10-14(11-18)16(21)20-7-5-19(2)6-8-20/h3-4,9,14H,5-8,10-11,18H2,1-2H3. The summed E-state index contributed by atoms with van der Waals surface area (Å²) < 4.78 is 13.9. The molecule has 1 aliphatic rings. The number of carbonyl (C=O) groups excluding carboxylic acids is 1. The van der Waals surface area contributed by atoms with Crippen molar-refractivity contribution in [2.24, 2.45) is 11.7 Å². The molecule has 4 nitrogen and oxygen atoms in total. The molecular formula is C16H24FN3O. The Morgan fingerprint density at radius 2 is 2.00 bits per heavy atom. The SMILES string of the molecule is Cc1ccc(F)c(CC(CN)C(=O)N2CCN(C)CC2)c1. The van der Waals surface area contributed by atoms with Crippen LogP contribution in [0.2, 0.25) is 0 Å². The van der Waals surface area contributed by atoms with E-state index in [1.165, 1.54) is 6.07 Å². The Morgan fingerprint density at radius 1 is 1.33 bits per heavy atom. The van der Waals surface area contributed by atoms with Crippen LogP contribution < -0.4 is 5.73 Å². The van der Waals surface area contributed by atoms with Gasteiger partial charge in [0, 0.05) is 32.7 Å². The fourth-order valence-corrected chi connectivity index (χ4v) is 2.68. The van der Waals surface area contributed by atoms with Crippen LogP contribution in [0.5, 0.6) is 0 Å². The second-order valence-electron chi connectivity index (χ2n) is 5.86. The summed E-state index contributed by atoms with van der Waals surface area (Å²) in [4.78, 5) is 16.6. The summed E-state index contributed by atoms with van der Waals surface area (Å²) >= 11 is 0. The van der Waals surface area contributed by atoms with Crippen molar-refractivity contribution in [1.29, 1.82) is 0 Å². The molecule has 0 aromatic heterocycles. The third kappa shape index (κ3) is 4.02. The summed E-state index contributed by atoms with van der Waals surface area (Å²) in [6.07, 6.45) is 0.370. The summed E-state index contributed by atoms with van der Waals surface area (Å²) in [5, 5.41) is 0. The minimum atomic E-state index is -0.343. The van der Waals surface area contributed by atoms with Crippen LogP contribution in [-0.2, 0) is 11.2 Å². The van der Waals surface area contributed by atoms with Crippen molar-refractivity contribution in [2.45, 2.75) is 13.3 Å². The van der Waals surface area contributed by atoms with Gasteiger partial charge in [0.25, 0.3) is 0 Å². The van der Waals surface area contributed by atoms with Crippen molar-refractivity contribution in [3.8, 4) is 0 Å². The van der Waals surface area contributed by atoms with E-state index in [9.17, 15) is 9.18 Å². The number of nitrogens with two attached hydrogens (primary N) is 1. The van der Waals surface area contributed by atoms with E-state index in [1.807, 2.05) is 18.9 Å². The molecule has 1 aromatic carbocycles. The van der Waals surface area contributed by atoms with E-state index >= 15 is 0 Å². The highest BCUT2D eigenvalue weighted by Crippen LogP contribution is 2.17. The maximum absolute atomic E-state index is 13.9. The summed E-state index contributed by atoms with van der Waals surface area (Å²) in [6.45, 7) is 5.37. The van der Waals surface area contributed by atoms with Gasteiger partial charge in [-0.15, -0.1) is 0 Å². The van der Waals surface area contributed by atoms with Gasteiger partial charge < -0.3 is 15.5 Å². The number of rotatable bonds is 4. The molecule has 1 atom stereocenters. The van der Waals surface area contributed by atoms with Crippen LogP contribution in [0, 0.1) is 18.7 Å². The summed E-state index contributed by atoms with van der Waals surface area (Å²) in [5.74, 6) is -0.554. The average Bonchev–Trinajstić information content (AvgIpc) is 2.48. The number of amides is 1. The molecule has 1 aromatic rings. The van der Waals surface area contributed by atoms with Gasteiger partial charge in [-0.2, -0.15) is 0 Å². The zero-order chi connectivity index (χ0) is 15.4. The van der Waals surface area contributed by atoms with Gasteiger partial charge in [0.05, 0.1) is 5.92 Å². The highest BCUT2D eigenvalue weighted by molar-refractivity contribution is 5.79. The zero-order valence-electron chi connectivity index (χ0n) is 12.8. The molecule has 0 radical (unpaired) electrons. The van der Waals surface area contributed by atoms with Crippen LogP contribution in [0.4, 0.5) is 4.39 Å². The number of piperazine rings is 1. The molecule has 1 saturated heterocycles. The number of hydrogen-bond acceptors (Lipinski definition) is 3. The summed E-state index contributed by atoms with van der Waals surface area (Å²) in [5.41, 5.74) is 7.33. The van der Waals surface area contributed by atoms with E-state index < -0.39 is 0 Å². The smallest absolute Gasteiger partial charge is 0.227 e. The molecule has 2 N–H and O–H groups in total. The van der Waals surface area contributed by atoms with E-state index in [1.54, 1.807) is 12.1 Å².